The molecule has 252 valence electrons. The van der Waals surface area contributed by atoms with Gasteiger partial charge in [0.2, 0.25) is 0 Å². The van der Waals surface area contributed by atoms with Crippen LogP contribution in [0.2, 0.25) is 0 Å². The van der Waals surface area contributed by atoms with Crippen LogP contribution in [0.15, 0.2) is 108 Å². The first-order valence-corrected chi connectivity index (χ1v) is 17.9. The van der Waals surface area contributed by atoms with Crippen LogP contribution in [0.25, 0.3) is 11.1 Å². The van der Waals surface area contributed by atoms with E-state index in [9.17, 15) is 0 Å². The third-order valence-electron chi connectivity index (χ3n) is 8.72. The average molecular weight is 755 g/mol. The Balaban J connectivity index is 0.000000260. The van der Waals surface area contributed by atoms with Gasteiger partial charge in [-0.15, -0.1) is 5.56 Å². The van der Waals surface area contributed by atoms with E-state index in [1.54, 1.807) is 0 Å². The summed E-state index contributed by atoms with van der Waals surface area (Å²) in [6.45, 7) is 24.7. The Kier molecular flexibility index (Phi) is 14.9. The van der Waals surface area contributed by atoms with E-state index in [0.29, 0.717) is 11.3 Å². The van der Waals surface area contributed by atoms with Crippen LogP contribution in [0, 0.1) is 23.5 Å². The van der Waals surface area contributed by atoms with Crippen molar-refractivity contribution < 1.29 is 49.0 Å². The third kappa shape index (κ3) is 10.8. The number of hydrogen-bond acceptors (Lipinski definition) is 0. The van der Waals surface area contributed by atoms with Crippen LogP contribution in [0.1, 0.15) is 110 Å². The Hall–Kier alpha value is -2.31. The zero-order valence-electron chi connectivity index (χ0n) is 30.8. The molecule has 2 aliphatic rings. The first-order chi connectivity index (χ1) is 21.4. The molecule has 0 amide bonds. The molecule has 6 rings (SSSR count). The summed E-state index contributed by atoms with van der Waals surface area (Å²) in [4.78, 5) is 0. The standard InChI is InChI=1S/C21H25.C13H10.C11H17.2ClH.Zr/c1-20(2,3)16-9-7-14-11-15-8-10-17(21(4,5)6)13-19(15)18(14)12-16;1-3-7-12(8-4-1)11-13-9-5-2-6-10-13;1-8-6-9(2)10(7-8)11(3,4)5;;;/h7,9-10,12-13H,11H2,1-6H3;1-10H;7-8H,1-5H3;2*1H;/q-1;;-1;;;+2/p-2. The van der Waals surface area contributed by atoms with Gasteiger partial charge in [-0.2, -0.15) is 41.0 Å². The molecule has 0 radical (unpaired) electrons. The molecule has 0 nitrogen and oxygen atoms in total. The van der Waals surface area contributed by atoms with E-state index in [-0.39, 0.29) is 35.6 Å². The van der Waals surface area contributed by atoms with Crippen molar-refractivity contribution in [2.75, 3.05) is 0 Å². The van der Waals surface area contributed by atoms with Gasteiger partial charge in [0.15, 0.2) is 0 Å². The van der Waals surface area contributed by atoms with E-state index in [2.05, 4.69) is 185 Å². The van der Waals surface area contributed by atoms with Crippen LogP contribution < -0.4 is 24.8 Å². The summed E-state index contributed by atoms with van der Waals surface area (Å²) in [5, 5.41) is 0. The predicted octanol–water partition coefficient (Wildman–Crippen LogP) is 5.82. The molecule has 1 atom stereocenters. The minimum atomic E-state index is 0. The molecule has 0 saturated heterocycles. The predicted molar refractivity (Wildman–Crippen MR) is 196 cm³/mol. The maximum atomic E-state index is 3.53. The molecule has 4 aromatic carbocycles. The van der Waals surface area contributed by atoms with Gasteiger partial charge in [0.25, 0.3) is 0 Å². The molecule has 0 aromatic heterocycles. The van der Waals surface area contributed by atoms with Crippen molar-refractivity contribution in [2.24, 2.45) is 11.3 Å². The van der Waals surface area contributed by atoms with Gasteiger partial charge in [0, 0.05) is 0 Å². The molecule has 0 spiro atoms. The summed E-state index contributed by atoms with van der Waals surface area (Å²) in [6, 6.07) is 36.2. The first kappa shape index (κ1) is 41.9. The van der Waals surface area contributed by atoms with Crippen molar-refractivity contribution in [3.8, 4) is 11.1 Å². The Bertz CT molecular complexity index is 1620. The molecule has 0 saturated carbocycles. The Morgan fingerprint density at radius 3 is 1.58 bits per heavy atom. The van der Waals surface area contributed by atoms with E-state index in [0.717, 1.165) is 6.42 Å². The third-order valence-corrected chi connectivity index (χ3v) is 10.1. The summed E-state index contributed by atoms with van der Waals surface area (Å²) >= 11 is 1.46. The average Bonchev–Trinajstić information content (AvgIpc) is 3.55. The Morgan fingerprint density at radius 2 is 1.17 bits per heavy atom. The molecule has 0 heterocycles. The first-order valence-electron chi connectivity index (χ1n) is 16.7. The second kappa shape index (κ2) is 17.1. The van der Waals surface area contributed by atoms with Crippen LogP contribution in [0.5, 0.6) is 0 Å². The van der Waals surface area contributed by atoms with Crippen molar-refractivity contribution in [1.29, 1.82) is 0 Å². The Morgan fingerprint density at radius 1 is 0.667 bits per heavy atom. The molecule has 0 N–H and O–H groups in total. The number of halogens is 2. The zero-order chi connectivity index (χ0) is 33.9. The van der Waals surface area contributed by atoms with E-state index in [1.807, 2.05) is 0 Å². The fourth-order valence-corrected chi connectivity index (χ4v) is 6.83. The van der Waals surface area contributed by atoms with E-state index >= 15 is 0 Å². The monoisotopic (exact) mass is 752 g/mol. The van der Waals surface area contributed by atoms with Gasteiger partial charge < -0.3 is 24.8 Å². The fourth-order valence-electron chi connectivity index (χ4n) is 6.01. The molecule has 48 heavy (non-hydrogen) atoms. The van der Waals surface area contributed by atoms with Crippen molar-refractivity contribution in [3.05, 3.63) is 154 Å². The number of benzene rings is 4. The van der Waals surface area contributed by atoms with Crippen LogP contribution in [-0.2, 0) is 41.5 Å². The van der Waals surface area contributed by atoms with Crippen LogP contribution >= 0.6 is 0 Å². The molecular weight excluding hydrogens is 703 g/mol. The van der Waals surface area contributed by atoms with Gasteiger partial charge in [-0.25, -0.2) is 5.57 Å². The van der Waals surface area contributed by atoms with Gasteiger partial charge in [0.05, 0.1) is 0 Å². The Labute approximate surface area is 319 Å². The molecule has 1 unspecified atom stereocenters. The zero-order valence-corrected chi connectivity index (χ0v) is 34.7. The minimum absolute atomic E-state index is 0. The van der Waals surface area contributed by atoms with Crippen LogP contribution in [0.3, 0.4) is 0 Å². The van der Waals surface area contributed by atoms with Crippen molar-refractivity contribution in [3.63, 3.8) is 0 Å². The van der Waals surface area contributed by atoms with Gasteiger partial charge >= 0.3 is 99.2 Å². The van der Waals surface area contributed by atoms with E-state index < -0.39 is 0 Å². The summed E-state index contributed by atoms with van der Waals surface area (Å²) < 4.78 is 1.42. The molecule has 2 aliphatic carbocycles. The van der Waals surface area contributed by atoms with E-state index in [4.69, 9.17) is 0 Å². The van der Waals surface area contributed by atoms with Gasteiger partial charge in [-0.1, -0.05) is 122 Å². The van der Waals surface area contributed by atoms with E-state index in [1.165, 1.54) is 83.1 Å². The van der Waals surface area contributed by atoms with Gasteiger partial charge in [-0.05, 0) is 17.4 Å². The summed E-state index contributed by atoms with van der Waals surface area (Å²) in [5.41, 5.74) is 14.5. The molecule has 0 bridgehead atoms. The van der Waals surface area contributed by atoms with Crippen molar-refractivity contribution >= 4 is 3.21 Å². The topological polar surface area (TPSA) is 0 Å². The molecule has 4 aromatic rings. The fraction of sp³-hybridized carbons (Fsp3) is 0.356. The normalized spacial score (nSPS) is 14.7. The quantitative estimate of drug-likeness (QED) is 0.200. The van der Waals surface area contributed by atoms with Gasteiger partial charge in [0.1, 0.15) is 0 Å². The second-order valence-corrected chi connectivity index (χ2v) is 17.1. The number of rotatable bonds is 2. The molecule has 0 fully saturated rings. The van der Waals surface area contributed by atoms with Crippen LogP contribution in [0.4, 0.5) is 0 Å². The number of fused-ring (bicyclic) bond motifs is 3. The number of allylic oxidation sites excluding steroid dienone is 4. The summed E-state index contributed by atoms with van der Waals surface area (Å²) in [5.74, 6) is 0.518. The molecule has 3 heteroatoms. The number of hydrogen-bond donors (Lipinski definition) is 0. The molecule has 0 aliphatic heterocycles. The summed E-state index contributed by atoms with van der Waals surface area (Å²) in [6.07, 6.45) is 6.74. The summed E-state index contributed by atoms with van der Waals surface area (Å²) in [7, 11) is 0. The van der Waals surface area contributed by atoms with Gasteiger partial charge in [-0.3, -0.25) is 6.08 Å². The molecular formula is C45H52Cl2Zr-2. The maximum absolute atomic E-state index is 3.53. The van der Waals surface area contributed by atoms with Crippen molar-refractivity contribution in [2.45, 2.75) is 93.4 Å². The van der Waals surface area contributed by atoms with Crippen molar-refractivity contribution in [1.82, 2.24) is 0 Å². The SMILES string of the molecule is CC(C)(C)c1c[c-]c2c(c1)-c1cc(C(C)(C)C)ccc1C2.CC1=[C-]C(C)C=C1C(C)(C)C.[Cl-].[Cl-].[Zr+2]=[C](c1ccccc1)c1ccccc1. The second-order valence-electron chi connectivity index (χ2n) is 15.8. The van der Waals surface area contributed by atoms with Crippen LogP contribution in [-0.4, -0.2) is 3.21 Å².